The van der Waals surface area contributed by atoms with E-state index in [1.165, 1.54) is 0 Å². The number of rotatable bonds is 1. The third-order valence-corrected chi connectivity index (χ3v) is 2.08. The van der Waals surface area contributed by atoms with Crippen molar-refractivity contribution in [3.63, 3.8) is 0 Å². The van der Waals surface area contributed by atoms with E-state index in [-0.39, 0.29) is 0 Å². The van der Waals surface area contributed by atoms with Crippen molar-refractivity contribution in [3.05, 3.63) is 16.8 Å². The van der Waals surface area contributed by atoms with Crippen molar-refractivity contribution in [2.24, 2.45) is 0 Å². The SMILES string of the molecule is Cc1cc(-c2nsc(C#N)n2)n[nH]1. The molecule has 13 heavy (non-hydrogen) atoms. The number of H-pyrrole nitrogens is 1. The van der Waals surface area contributed by atoms with Crippen LogP contribution in [0.3, 0.4) is 0 Å². The number of hydrogen-bond acceptors (Lipinski definition) is 5. The Kier molecular flexibility index (Phi) is 1.79. The Morgan fingerprint density at radius 3 is 3.00 bits per heavy atom. The molecule has 0 fully saturated rings. The second-order valence-corrected chi connectivity index (χ2v) is 3.22. The Labute approximate surface area is 78.2 Å². The molecule has 2 aromatic rings. The van der Waals surface area contributed by atoms with Crippen molar-refractivity contribution >= 4 is 11.5 Å². The summed E-state index contributed by atoms with van der Waals surface area (Å²) in [6, 6.07) is 3.77. The van der Waals surface area contributed by atoms with Crippen LogP contribution in [0, 0.1) is 18.3 Å². The molecule has 0 aliphatic heterocycles. The van der Waals surface area contributed by atoms with E-state index >= 15 is 0 Å². The first-order chi connectivity index (χ1) is 6.29. The fourth-order valence-electron chi connectivity index (χ4n) is 0.906. The molecule has 2 aromatic heterocycles. The Bertz CT molecular complexity index is 463. The molecule has 0 amide bonds. The highest BCUT2D eigenvalue weighted by Crippen LogP contribution is 2.15. The summed E-state index contributed by atoms with van der Waals surface area (Å²) < 4.78 is 4.00. The molecule has 0 aliphatic rings. The van der Waals surface area contributed by atoms with E-state index in [0.29, 0.717) is 16.5 Å². The molecule has 0 radical (unpaired) electrons. The molecule has 0 bridgehead atoms. The maximum absolute atomic E-state index is 8.53. The van der Waals surface area contributed by atoms with Crippen LogP contribution in [0.25, 0.3) is 11.5 Å². The number of nitriles is 1. The van der Waals surface area contributed by atoms with Crippen LogP contribution in [0.4, 0.5) is 0 Å². The van der Waals surface area contributed by atoms with Crippen molar-refractivity contribution < 1.29 is 0 Å². The molecular weight excluding hydrogens is 186 g/mol. The van der Waals surface area contributed by atoms with E-state index in [1.54, 1.807) is 0 Å². The lowest BCUT2D eigenvalue weighted by Crippen LogP contribution is -1.80. The van der Waals surface area contributed by atoms with Gasteiger partial charge in [-0.15, -0.1) is 0 Å². The highest BCUT2D eigenvalue weighted by atomic mass is 32.1. The topological polar surface area (TPSA) is 78.2 Å². The number of aromatic amines is 1. The van der Waals surface area contributed by atoms with Crippen LogP contribution >= 0.6 is 11.5 Å². The van der Waals surface area contributed by atoms with Crippen LogP contribution in [-0.4, -0.2) is 19.6 Å². The van der Waals surface area contributed by atoms with Gasteiger partial charge in [0.2, 0.25) is 5.01 Å². The second-order valence-electron chi connectivity index (χ2n) is 2.47. The number of aryl methyl sites for hydroxylation is 1. The van der Waals surface area contributed by atoms with Crippen LogP contribution in [0.5, 0.6) is 0 Å². The van der Waals surface area contributed by atoms with Crippen molar-refractivity contribution in [2.45, 2.75) is 6.92 Å². The van der Waals surface area contributed by atoms with Gasteiger partial charge in [0.15, 0.2) is 5.82 Å². The van der Waals surface area contributed by atoms with Crippen LogP contribution in [0.1, 0.15) is 10.7 Å². The lowest BCUT2D eigenvalue weighted by molar-refractivity contribution is 1.04. The number of nitrogens with zero attached hydrogens (tertiary/aromatic N) is 4. The molecule has 0 aliphatic carbocycles. The van der Waals surface area contributed by atoms with Crippen LogP contribution in [-0.2, 0) is 0 Å². The fourth-order valence-corrected chi connectivity index (χ4v) is 1.38. The van der Waals surface area contributed by atoms with Gasteiger partial charge in [0.25, 0.3) is 0 Å². The normalized spacial score (nSPS) is 9.85. The van der Waals surface area contributed by atoms with E-state index in [2.05, 4.69) is 19.6 Å². The van der Waals surface area contributed by atoms with Gasteiger partial charge in [0, 0.05) is 5.69 Å². The molecule has 2 heterocycles. The number of nitrogens with one attached hydrogen (secondary N) is 1. The lowest BCUT2D eigenvalue weighted by atomic mass is 10.3. The molecule has 5 nitrogen and oxygen atoms in total. The molecular formula is C7H5N5S. The highest BCUT2D eigenvalue weighted by molar-refractivity contribution is 7.06. The van der Waals surface area contributed by atoms with Gasteiger partial charge in [-0.1, -0.05) is 0 Å². The summed E-state index contributed by atoms with van der Waals surface area (Å²) in [4.78, 5) is 3.98. The maximum Gasteiger partial charge on any atom is 0.214 e. The lowest BCUT2D eigenvalue weighted by Gasteiger charge is -1.81. The smallest absolute Gasteiger partial charge is 0.214 e. The molecule has 0 atom stereocenters. The van der Waals surface area contributed by atoms with Crippen molar-refractivity contribution in [1.29, 1.82) is 5.26 Å². The highest BCUT2D eigenvalue weighted by Gasteiger charge is 2.08. The van der Waals surface area contributed by atoms with Gasteiger partial charge in [-0.05, 0) is 24.5 Å². The molecule has 1 N–H and O–H groups in total. The van der Waals surface area contributed by atoms with E-state index < -0.39 is 0 Å². The maximum atomic E-state index is 8.53. The minimum absolute atomic E-state index is 0.357. The third-order valence-electron chi connectivity index (χ3n) is 1.46. The zero-order chi connectivity index (χ0) is 9.26. The molecule has 6 heteroatoms. The first-order valence-corrected chi connectivity index (χ1v) is 4.33. The Hall–Kier alpha value is -1.74. The van der Waals surface area contributed by atoms with Crippen LogP contribution in [0.15, 0.2) is 6.07 Å². The van der Waals surface area contributed by atoms with Crippen molar-refractivity contribution in [3.8, 4) is 17.6 Å². The second kappa shape index (κ2) is 2.95. The van der Waals surface area contributed by atoms with Crippen molar-refractivity contribution in [1.82, 2.24) is 19.6 Å². The van der Waals surface area contributed by atoms with Gasteiger partial charge in [0.1, 0.15) is 11.8 Å². The average Bonchev–Trinajstić information content (AvgIpc) is 2.71. The molecule has 0 unspecified atom stereocenters. The van der Waals surface area contributed by atoms with Crippen LogP contribution in [0.2, 0.25) is 0 Å². The predicted octanol–water partition coefficient (Wildman–Crippen LogP) is 1.11. The molecule has 0 saturated heterocycles. The summed E-state index contributed by atoms with van der Waals surface area (Å²) in [5.74, 6) is 0.505. The standard InChI is InChI=1S/C7H5N5S/c1-4-2-5(11-10-4)7-9-6(3-8)13-12-7/h2H,1H3,(H,10,11). The molecule has 2 rings (SSSR count). The first-order valence-electron chi connectivity index (χ1n) is 3.56. The van der Waals surface area contributed by atoms with Gasteiger partial charge >= 0.3 is 0 Å². The van der Waals surface area contributed by atoms with Crippen molar-refractivity contribution in [2.75, 3.05) is 0 Å². The Morgan fingerprint density at radius 1 is 1.62 bits per heavy atom. The minimum Gasteiger partial charge on any atom is -0.282 e. The number of aromatic nitrogens is 4. The first kappa shape index (κ1) is 7.89. The average molecular weight is 191 g/mol. The summed E-state index contributed by atoms with van der Waals surface area (Å²) in [6.07, 6.45) is 0. The van der Waals surface area contributed by atoms with Crippen LogP contribution < -0.4 is 0 Å². The predicted molar refractivity (Wildman–Crippen MR) is 46.9 cm³/mol. The summed E-state index contributed by atoms with van der Waals surface area (Å²) >= 11 is 1.08. The molecule has 0 spiro atoms. The molecule has 64 valence electrons. The van der Waals surface area contributed by atoms with Gasteiger partial charge in [-0.25, -0.2) is 4.98 Å². The van der Waals surface area contributed by atoms with Gasteiger partial charge in [-0.3, -0.25) is 5.10 Å². The van der Waals surface area contributed by atoms with E-state index in [0.717, 1.165) is 17.2 Å². The Morgan fingerprint density at radius 2 is 2.46 bits per heavy atom. The van der Waals surface area contributed by atoms with E-state index in [1.807, 2.05) is 19.1 Å². The monoisotopic (exact) mass is 191 g/mol. The number of hydrogen-bond donors (Lipinski definition) is 1. The Balaban J connectivity index is 2.42. The molecule has 0 aromatic carbocycles. The molecule has 0 saturated carbocycles. The summed E-state index contributed by atoms with van der Waals surface area (Å²) in [7, 11) is 0. The van der Waals surface area contributed by atoms with Gasteiger partial charge < -0.3 is 0 Å². The summed E-state index contributed by atoms with van der Waals surface area (Å²) in [5.41, 5.74) is 1.62. The largest absolute Gasteiger partial charge is 0.282 e. The summed E-state index contributed by atoms with van der Waals surface area (Å²) in [6.45, 7) is 1.90. The van der Waals surface area contributed by atoms with Gasteiger partial charge in [-0.2, -0.15) is 14.7 Å². The summed E-state index contributed by atoms with van der Waals surface area (Å²) in [5, 5.41) is 15.7. The third kappa shape index (κ3) is 1.41. The fraction of sp³-hybridized carbons (Fsp3) is 0.143. The minimum atomic E-state index is 0.357. The zero-order valence-electron chi connectivity index (χ0n) is 6.77. The quantitative estimate of drug-likeness (QED) is 0.732. The zero-order valence-corrected chi connectivity index (χ0v) is 7.59. The van der Waals surface area contributed by atoms with E-state index in [9.17, 15) is 0 Å². The van der Waals surface area contributed by atoms with E-state index in [4.69, 9.17) is 5.26 Å². The van der Waals surface area contributed by atoms with Gasteiger partial charge in [0.05, 0.1) is 0 Å².